The van der Waals surface area contributed by atoms with Crippen LogP contribution in [0, 0.1) is 0 Å². The number of rotatable bonds is 9. The van der Waals surface area contributed by atoms with E-state index in [1.165, 1.54) is 0 Å². The lowest BCUT2D eigenvalue weighted by Crippen LogP contribution is -2.13. The van der Waals surface area contributed by atoms with Gasteiger partial charge in [-0.25, -0.2) is 0 Å². The fraction of sp³-hybridized carbons (Fsp3) is 0.217. The molecule has 0 saturated heterocycles. The van der Waals surface area contributed by atoms with Crippen LogP contribution in [0.15, 0.2) is 54.7 Å². The van der Waals surface area contributed by atoms with Gasteiger partial charge in [0.05, 0.1) is 6.61 Å². The Hall–Kier alpha value is -3.09. The van der Waals surface area contributed by atoms with Crippen LogP contribution in [0.4, 0.5) is 5.82 Å². The summed E-state index contributed by atoms with van der Waals surface area (Å²) in [5.41, 5.74) is 2.29. The SMILES string of the molecule is COCCCOc1cc(/C=C/c2cccc(Cl)c2)cc(C(=O)Nc2ccn(C)n2)c1. The molecule has 1 N–H and O–H groups in total. The highest BCUT2D eigenvalue weighted by molar-refractivity contribution is 6.30. The quantitative estimate of drug-likeness (QED) is 0.390. The normalized spacial score (nSPS) is 11.0. The van der Waals surface area contributed by atoms with Crippen molar-refractivity contribution < 1.29 is 14.3 Å². The number of carbonyl (C=O) groups excluding carboxylic acids is 1. The van der Waals surface area contributed by atoms with E-state index < -0.39 is 0 Å². The van der Waals surface area contributed by atoms with E-state index in [0.717, 1.165) is 17.5 Å². The van der Waals surface area contributed by atoms with Crippen LogP contribution in [-0.2, 0) is 11.8 Å². The first-order valence-corrected chi connectivity index (χ1v) is 9.93. The number of hydrogen-bond donors (Lipinski definition) is 1. The molecule has 0 unspecified atom stereocenters. The number of hydrogen-bond acceptors (Lipinski definition) is 4. The molecule has 0 atom stereocenters. The predicted molar refractivity (Wildman–Crippen MR) is 120 cm³/mol. The molecule has 2 aromatic carbocycles. The van der Waals surface area contributed by atoms with Gasteiger partial charge >= 0.3 is 0 Å². The van der Waals surface area contributed by atoms with Gasteiger partial charge in [-0.15, -0.1) is 0 Å². The third-order valence-electron chi connectivity index (χ3n) is 4.22. The molecule has 1 heterocycles. The van der Waals surface area contributed by atoms with Crippen LogP contribution >= 0.6 is 11.6 Å². The van der Waals surface area contributed by atoms with E-state index in [9.17, 15) is 4.79 Å². The van der Waals surface area contributed by atoms with Crippen LogP contribution in [-0.4, -0.2) is 36.0 Å². The monoisotopic (exact) mass is 425 g/mol. The molecule has 1 amide bonds. The lowest BCUT2D eigenvalue weighted by atomic mass is 10.1. The summed E-state index contributed by atoms with van der Waals surface area (Å²) in [7, 11) is 3.45. The predicted octanol–water partition coefficient (Wildman–Crippen LogP) is 4.91. The van der Waals surface area contributed by atoms with Crippen LogP contribution < -0.4 is 10.1 Å². The second-order valence-electron chi connectivity index (χ2n) is 6.70. The molecule has 156 valence electrons. The molecule has 3 rings (SSSR count). The van der Waals surface area contributed by atoms with Crippen molar-refractivity contribution in [3.8, 4) is 5.75 Å². The molecule has 6 nitrogen and oxygen atoms in total. The molecular weight excluding hydrogens is 402 g/mol. The number of amides is 1. The first kappa shape index (κ1) is 21.6. The number of benzene rings is 2. The van der Waals surface area contributed by atoms with E-state index in [1.807, 2.05) is 42.5 Å². The van der Waals surface area contributed by atoms with Gasteiger partial charge in [0.25, 0.3) is 5.91 Å². The largest absolute Gasteiger partial charge is 0.493 e. The van der Waals surface area contributed by atoms with Crippen molar-refractivity contribution in [2.45, 2.75) is 6.42 Å². The number of aromatic nitrogens is 2. The van der Waals surface area contributed by atoms with Crippen LogP contribution in [0.3, 0.4) is 0 Å². The highest BCUT2D eigenvalue weighted by Crippen LogP contribution is 2.21. The van der Waals surface area contributed by atoms with E-state index in [0.29, 0.717) is 35.4 Å². The second kappa shape index (κ2) is 10.6. The van der Waals surface area contributed by atoms with Crippen molar-refractivity contribution in [2.75, 3.05) is 25.6 Å². The third-order valence-corrected chi connectivity index (χ3v) is 4.46. The van der Waals surface area contributed by atoms with Gasteiger partial charge in [0.1, 0.15) is 5.75 Å². The van der Waals surface area contributed by atoms with Gasteiger partial charge < -0.3 is 14.8 Å². The Bertz CT molecular complexity index is 1030. The van der Waals surface area contributed by atoms with Gasteiger partial charge in [-0.05, 0) is 41.5 Å². The Morgan fingerprint density at radius 2 is 1.97 bits per heavy atom. The molecule has 0 aliphatic rings. The Morgan fingerprint density at radius 3 is 2.70 bits per heavy atom. The number of methoxy groups -OCH3 is 1. The van der Waals surface area contributed by atoms with E-state index in [-0.39, 0.29) is 5.91 Å². The van der Waals surface area contributed by atoms with Crippen LogP contribution in [0.2, 0.25) is 5.02 Å². The topological polar surface area (TPSA) is 65.4 Å². The maximum absolute atomic E-state index is 12.7. The summed E-state index contributed by atoms with van der Waals surface area (Å²) in [6.45, 7) is 1.11. The standard InChI is InChI=1S/C23H24ClN3O3/c1-27-10-9-22(26-27)25-23(28)19-13-18(8-7-17-5-3-6-20(24)14-17)15-21(16-19)30-12-4-11-29-2/h3,5-10,13-16H,4,11-12H2,1-2H3,(H,25,26,28)/b8-7+. The van der Waals surface area contributed by atoms with Crippen molar-refractivity contribution in [3.05, 3.63) is 76.4 Å². The maximum Gasteiger partial charge on any atom is 0.257 e. The van der Waals surface area contributed by atoms with E-state index in [4.69, 9.17) is 21.1 Å². The summed E-state index contributed by atoms with van der Waals surface area (Å²) in [4.78, 5) is 12.7. The molecule has 3 aromatic rings. The number of carbonyl (C=O) groups is 1. The van der Waals surface area contributed by atoms with Gasteiger partial charge in [0.2, 0.25) is 0 Å². The molecule has 0 spiro atoms. The summed E-state index contributed by atoms with van der Waals surface area (Å²) in [5.74, 6) is 0.851. The van der Waals surface area contributed by atoms with Crippen molar-refractivity contribution >= 4 is 35.5 Å². The minimum Gasteiger partial charge on any atom is -0.493 e. The average molecular weight is 426 g/mol. The number of ether oxygens (including phenoxy) is 2. The molecule has 7 heteroatoms. The molecular formula is C23H24ClN3O3. The minimum atomic E-state index is -0.256. The first-order valence-electron chi connectivity index (χ1n) is 9.55. The molecule has 0 fully saturated rings. The molecule has 0 aliphatic heterocycles. The molecule has 30 heavy (non-hydrogen) atoms. The zero-order valence-corrected chi connectivity index (χ0v) is 17.7. The Labute approximate surface area is 181 Å². The summed E-state index contributed by atoms with van der Waals surface area (Å²) in [6, 6.07) is 14.7. The van der Waals surface area contributed by atoms with E-state index in [1.54, 1.807) is 43.2 Å². The fourth-order valence-electron chi connectivity index (χ4n) is 2.80. The highest BCUT2D eigenvalue weighted by atomic mass is 35.5. The zero-order chi connectivity index (χ0) is 21.3. The summed E-state index contributed by atoms with van der Waals surface area (Å²) >= 11 is 6.06. The van der Waals surface area contributed by atoms with Crippen molar-refractivity contribution in [3.63, 3.8) is 0 Å². The van der Waals surface area contributed by atoms with Crippen LogP contribution in [0.1, 0.15) is 27.9 Å². The molecule has 1 aromatic heterocycles. The number of nitrogens with zero attached hydrogens (tertiary/aromatic N) is 2. The lowest BCUT2D eigenvalue weighted by molar-refractivity contribution is 0.102. The lowest BCUT2D eigenvalue weighted by Gasteiger charge is -2.10. The number of anilines is 1. The van der Waals surface area contributed by atoms with Crippen LogP contribution in [0.5, 0.6) is 5.75 Å². The minimum absolute atomic E-state index is 0.256. The smallest absolute Gasteiger partial charge is 0.257 e. The van der Waals surface area contributed by atoms with Gasteiger partial charge in [-0.3, -0.25) is 9.48 Å². The average Bonchev–Trinajstić information content (AvgIpc) is 3.14. The van der Waals surface area contributed by atoms with Crippen LogP contribution in [0.25, 0.3) is 12.2 Å². The van der Waals surface area contributed by atoms with Crippen molar-refractivity contribution in [2.24, 2.45) is 7.05 Å². The number of aryl methyl sites for hydroxylation is 1. The second-order valence-corrected chi connectivity index (χ2v) is 7.14. The van der Waals surface area contributed by atoms with E-state index in [2.05, 4.69) is 10.4 Å². The highest BCUT2D eigenvalue weighted by Gasteiger charge is 2.11. The summed E-state index contributed by atoms with van der Waals surface area (Å²) in [6.07, 6.45) is 6.39. The van der Waals surface area contributed by atoms with E-state index >= 15 is 0 Å². The Balaban J connectivity index is 1.82. The van der Waals surface area contributed by atoms with Gasteiger partial charge in [0.15, 0.2) is 5.82 Å². The van der Waals surface area contributed by atoms with Crippen molar-refractivity contribution in [1.82, 2.24) is 9.78 Å². The van der Waals surface area contributed by atoms with Gasteiger partial charge in [-0.1, -0.05) is 35.9 Å². The Morgan fingerprint density at radius 1 is 1.13 bits per heavy atom. The Kier molecular flexibility index (Phi) is 7.65. The summed E-state index contributed by atoms with van der Waals surface area (Å²) in [5, 5.41) is 7.66. The molecule has 0 saturated carbocycles. The third kappa shape index (κ3) is 6.47. The number of halogens is 1. The first-order chi connectivity index (χ1) is 14.5. The molecule has 0 bridgehead atoms. The fourth-order valence-corrected chi connectivity index (χ4v) is 3.00. The maximum atomic E-state index is 12.7. The molecule has 0 radical (unpaired) electrons. The zero-order valence-electron chi connectivity index (χ0n) is 17.0. The van der Waals surface area contributed by atoms with Gasteiger partial charge in [0, 0.05) is 50.0 Å². The molecule has 0 aliphatic carbocycles. The van der Waals surface area contributed by atoms with Crippen molar-refractivity contribution in [1.29, 1.82) is 0 Å². The van der Waals surface area contributed by atoms with Gasteiger partial charge in [-0.2, -0.15) is 5.10 Å². The summed E-state index contributed by atoms with van der Waals surface area (Å²) < 4.78 is 12.5. The number of nitrogens with one attached hydrogen (secondary N) is 1.